The molecule has 6 heteroatoms. The van der Waals surface area contributed by atoms with E-state index in [-0.39, 0.29) is 12.5 Å². The minimum atomic E-state index is -0.238. The lowest BCUT2D eigenvalue weighted by molar-refractivity contribution is -0.118. The number of rotatable bonds is 7. The standard InChI is InChI=1S/C29H25BrN2O3/c1-3-18(2)19-10-13-21(14-11-19)34-17-28(33)31-20-12-15-27-26(16-20)32-29(35-27)24-8-4-7-23-22(24)6-5-9-25(23)30/h4-16,18H,3,17H2,1-2H3,(H,31,33). The van der Waals surface area contributed by atoms with Crippen LogP contribution in [0.2, 0.25) is 0 Å². The molecule has 1 aromatic heterocycles. The smallest absolute Gasteiger partial charge is 0.262 e. The van der Waals surface area contributed by atoms with Crippen molar-refractivity contribution in [2.45, 2.75) is 26.2 Å². The quantitative estimate of drug-likeness (QED) is 0.233. The van der Waals surface area contributed by atoms with E-state index in [0.717, 1.165) is 27.2 Å². The molecule has 1 atom stereocenters. The van der Waals surface area contributed by atoms with Gasteiger partial charge in [-0.15, -0.1) is 0 Å². The van der Waals surface area contributed by atoms with Crippen molar-refractivity contribution in [2.75, 3.05) is 11.9 Å². The zero-order valence-corrected chi connectivity index (χ0v) is 21.1. The molecule has 4 aromatic carbocycles. The SMILES string of the molecule is CCC(C)c1ccc(OCC(=O)Nc2ccc3oc(-c4cccc5c(Br)cccc45)nc3c2)cc1. The fourth-order valence-electron chi connectivity index (χ4n) is 4.05. The summed E-state index contributed by atoms with van der Waals surface area (Å²) >= 11 is 3.61. The fraction of sp³-hybridized carbons (Fsp3) is 0.172. The van der Waals surface area contributed by atoms with E-state index >= 15 is 0 Å². The normalized spacial score (nSPS) is 12.1. The summed E-state index contributed by atoms with van der Waals surface area (Å²) in [6.07, 6.45) is 1.08. The van der Waals surface area contributed by atoms with Crippen molar-refractivity contribution in [3.8, 4) is 17.2 Å². The van der Waals surface area contributed by atoms with E-state index < -0.39 is 0 Å². The number of carbonyl (C=O) groups is 1. The second kappa shape index (κ2) is 9.92. The second-order valence-corrected chi connectivity index (χ2v) is 9.41. The van der Waals surface area contributed by atoms with E-state index in [9.17, 15) is 4.79 Å². The Hall–Kier alpha value is -3.64. The predicted molar refractivity (Wildman–Crippen MR) is 144 cm³/mol. The van der Waals surface area contributed by atoms with Gasteiger partial charge in [-0.05, 0) is 71.1 Å². The highest BCUT2D eigenvalue weighted by Gasteiger charge is 2.13. The van der Waals surface area contributed by atoms with Gasteiger partial charge in [0, 0.05) is 15.7 Å². The summed E-state index contributed by atoms with van der Waals surface area (Å²) in [5.41, 5.74) is 4.15. The van der Waals surface area contributed by atoms with Gasteiger partial charge in [0.1, 0.15) is 11.3 Å². The number of oxazole rings is 1. The number of halogens is 1. The van der Waals surface area contributed by atoms with E-state index in [1.807, 2.05) is 66.7 Å². The Balaban J connectivity index is 1.29. The monoisotopic (exact) mass is 528 g/mol. The van der Waals surface area contributed by atoms with E-state index in [0.29, 0.717) is 34.3 Å². The predicted octanol–water partition coefficient (Wildman–Crippen LogP) is 7.94. The number of hydrogen-bond acceptors (Lipinski definition) is 4. The third-order valence-electron chi connectivity index (χ3n) is 6.20. The average molecular weight is 529 g/mol. The van der Waals surface area contributed by atoms with Gasteiger partial charge in [0.25, 0.3) is 5.91 Å². The highest BCUT2D eigenvalue weighted by molar-refractivity contribution is 9.10. The molecule has 0 aliphatic rings. The molecule has 5 aromatic rings. The molecule has 0 aliphatic carbocycles. The Kier molecular flexibility index (Phi) is 6.55. The first-order chi connectivity index (χ1) is 17.0. The van der Waals surface area contributed by atoms with Crippen LogP contribution >= 0.6 is 15.9 Å². The van der Waals surface area contributed by atoms with Crippen molar-refractivity contribution in [3.63, 3.8) is 0 Å². The van der Waals surface area contributed by atoms with Crippen LogP contribution in [0.1, 0.15) is 31.7 Å². The van der Waals surface area contributed by atoms with Crippen molar-refractivity contribution in [2.24, 2.45) is 0 Å². The van der Waals surface area contributed by atoms with Crippen LogP contribution in [0.25, 0.3) is 33.3 Å². The molecule has 0 saturated heterocycles. The summed E-state index contributed by atoms with van der Waals surface area (Å²) in [7, 11) is 0. The number of anilines is 1. The first-order valence-electron chi connectivity index (χ1n) is 11.6. The third kappa shape index (κ3) is 4.93. The highest BCUT2D eigenvalue weighted by Crippen LogP contribution is 2.34. The summed E-state index contributed by atoms with van der Waals surface area (Å²) in [5.74, 6) is 1.47. The molecule has 5 nitrogen and oxygen atoms in total. The Bertz CT molecular complexity index is 1510. The molecule has 1 unspecified atom stereocenters. The van der Waals surface area contributed by atoms with E-state index in [2.05, 4.69) is 46.1 Å². The van der Waals surface area contributed by atoms with Gasteiger partial charge in [0.05, 0.1) is 0 Å². The van der Waals surface area contributed by atoms with Crippen molar-refractivity contribution >= 4 is 49.4 Å². The molecule has 0 fully saturated rings. The maximum atomic E-state index is 12.5. The third-order valence-corrected chi connectivity index (χ3v) is 6.89. The molecule has 5 rings (SSSR count). The van der Waals surface area contributed by atoms with Gasteiger partial charge in [-0.2, -0.15) is 0 Å². The summed E-state index contributed by atoms with van der Waals surface area (Å²) in [6, 6.07) is 25.4. The number of amides is 1. The largest absolute Gasteiger partial charge is 0.484 e. The number of aromatic nitrogens is 1. The van der Waals surface area contributed by atoms with Gasteiger partial charge in [0.15, 0.2) is 12.2 Å². The van der Waals surface area contributed by atoms with Crippen molar-refractivity contribution in [1.82, 2.24) is 4.98 Å². The van der Waals surface area contributed by atoms with Gasteiger partial charge < -0.3 is 14.5 Å². The number of nitrogens with zero attached hydrogens (tertiary/aromatic N) is 1. The molecule has 35 heavy (non-hydrogen) atoms. The molecule has 0 bridgehead atoms. The van der Waals surface area contributed by atoms with Crippen LogP contribution in [0.15, 0.2) is 87.8 Å². The van der Waals surface area contributed by atoms with Crippen LogP contribution in [0.3, 0.4) is 0 Å². The van der Waals surface area contributed by atoms with Gasteiger partial charge in [-0.25, -0.2) is 4.98 Å². The lowest BCUT2D eigenvalue weighted by Gasteiger charge is -2.11. The van der Waals surface area contributed by atoms with Crippen LogP contribution < -0.4 is 10.1 Å². The summed E-state index contributed by atoms with van der Waals surface area (Å²) in [4.78, 5) is 17.2. The average Bonchev–Trinajstić information content (AvgIpc) is 3.30. The summed E-state index contributed by atoms with van der Waals surface area (Å²) in [5, 5.41) is 5.02. The van der Waals surface area contributed by atoms with Gasteiger partial charge in [0.2, 0.25) is 5.89 Å². The van der Waals surface area contributed by atoms with Crippen molar-refractivity contribution in [3.05, 3.63) is 88.9 Å². The van der Waals surface area contributed by atoms with Crippen LogP contribution in [-0.4, -0.2) is 17.5 Å². The maximum absolute atomic E-state index is 12.5. The van der Waals surface area contributed by atoms with E-state index in [4.69, 9.17) is 9.15 Å². The van der Waals surface area contributed by atoms with E-state index in [1.165, 1.54) is 5.56 Å². The van der Waals surface area contributed by atoms with Crippen molar-refractivity contribution < 1.29 is 13.9 Å². The molecular formula is C29H25BrN2O3. The molecule has 0 radical (unpaired) electrons. The Morgan fingerprint density at radius 2 is 1.80 bits per heavy atom. The lowest BCUT2D eigenvalue weighted by Crippen LogP contribution is -2.20. The molecule has 1 amide bonds. The lowest BCUT2D eigenvalue weighted by atomic mass is 9.99. The molecule has 1 heterocycles. The summed E-state index contributed by atoms with van der Waals surface area (Å²) < 4.78 is 12.7. The first kappa shape index (κ1) is 23.1. The van der Waals surface area contributed by atoms with Gasteiger partial charge >= 0.3 is 0 Å². The van der Waals surface area contributed by atoms with E-state index in [1.54, 1.807) is 6.07 Å². The van der Waals surface area contributed by atoms with Crippen LogP contribution in [0.4, 0.5) is 5.69 Å². The van der Waals surface area contributed by atoms with Crippen LogP contribution in [-0.2, 0) is 4.79 Å². The molecule has 176 valence electrons. The maximum Gasteiger partial charge on any atom is 0.262 e. The number of fused-ring (bicyclic) bond motifs is 2. The minimum absolute atomic E-state index is 0.0737. The van der Waals surface area contributed by atoms with Crippen molar-refractivity contribution in [1.29, 1.82) is 0 Å². The summed E-state index contributed by atoms with van der Waals surface area (Å²) in [6.45, 7) is 4.29. The van der Waals surface area contributed by atoms with Gasteiger partial charge in [-0.3, -0.25) is 4.79 Å². The number of ether oxygens (including phenoxy) is 1. The molecule has 1 N–H and O–H groups in total. The number of hydrogen-bond donors (Lipinski definition) is 1. The van der Waals surface area contributed by atoms with Crippen LogP contribution in [0, 0.1) is 0 Å². The number of nitrogens with one attached hydrogen (secondary N) is 1. The Morgan fingerprint density at radius 3 is 2.60 bits per heavy atom. The number of carbonyl (C=O) groups excluding carboxylic acids is 1. The zero-order chi connectivity index (χ0) is 24.4. The Labute approximate surface area is 212 Å². The molecular weight excluding hydrogens is 504 g/mol. The van der Waals surface area contributed by atoms with Gasteiger partial charge in [-0.1, -0.05) is 66.2 Å². The highest BCUT2D eigenvalue weighted by atomic mass is 79.9. The second-order valence-electron chi connectivity index (χ2n) is 8.56. The first-order valence-corrected chi connectivity index (χ1v) is 12.4. The van der Waals surface area contributed by atoms with Crippen LogP contribution in [0.5, 0.6) is 5.75 Å². The molecule has 0 aliphatic heterocycles. The molecule has 0 spiro atoms. The molecule has 0 saturated carbocycles. The topological polar surface area (TPSA) is 64.4 Å². The zero-order valence-electron chi connectivity index (χ0n) is 19.5. The Morgan fingerprint density at radius 1 is 1.03 bits per heavy atom. The minimum Gasteiger partial charge on any atom is -0.484 e. The number of benzene rings is 4. The fourth-order valence-corrected chi connectivity index (χ4v) is 4.55.